The normalized spacial score (nSPS) is 17.1. The number of fused-ring (bicyclic) bond motifs is 1. The Hall–Kier alpha value is -1.91. The molecule has 2 N–H and O–H groups in total. The first kappa shape index (κ1) is 10.3. The Labute approximate surface area is 99.7 Å². The van der Waals surface area contributed by atoms with Crippen molar-refractivity contribution in [2.75, 3.05) is 5.73 Å². The van der Waals surface area contributed by atoms with Gasteiger partial charge in [-0.15, -0.1) is 0 Å². The molecule has 0 spiro atoms. The molecule has 0 unspecified atom stereocenters. The summed E-state index contributed by atoms with van der Waals surface area (Å²) in [5, 5.41) is 4.55. The number of aryl methyl sites for hydroxylation is 1. The fourth-order valence-electron chi connectivity index (χ4n) is 2.52. The van der Waals surface area contributed by atoms with Gasteiger partial charge in [0.15, 0.2) is 5.82 Å². The monoisotopic (exact) mass is 229 g/mol. The summed E-state index contributed by atoms with van der Waals surface area (Å²) >= 11 is 0. The van der Waals surface area contributed by atoms with Gasteiger partial charge in [-0.2, -0.15) is 9.78 Å². The molecule has 0 radical (unpaired) electrons. The Bertz CT molecular complexity index is 556. The highest BCUT2D eigenvalue weighted by Gasteiger charge is 2.36. The van der Waals surface area contributed by atoms with E-state index in [4.69, 9.17) is 5.73 Å². The summed E-state index contributed by atoms with van der Waals surface area (Å²) in [6.07, 6.45) is 7.05. The summed E-state index contributed by atoms with van der Waals surface area (Å²) < 4.78 is 1.69. The lowest BCUT2D eigenvalue weighted by atomic mass is 9.87. The van der Waals surface area contributed by atoms with Gasteiger partial charge in [0.1, 0.15) is 5.82 Å². The molecule has 0 saturated heterocycles. The third-order valence-corrected chi connectivity index (χ3v) is 3.42. The van der Waals surface area contributed by atoms with Gasteiger partial charge in [-0.3, -0.25) is 4.98 Å². The Morgan fingerprint density at radius 2 is 2.18 bits per heavy atom. The molecule has 0 atom stereocenters. The van der Waals surface area contributed by atoms with Gasteiger partial charge in [-0.1, -0.05) is 13.8 Å². The fourth-order valence-corrected chi connectivity index (χ4v) is 2.52. The van der Waals surface area contributed by atoms with E-state index in [1.54, 1.807) is 23.3 Å². The van der Waals surface area contributed by atoms with Gasteiger partial charge in [0.05, 0.1) is 11.9 Å². The van der Waals surface area contributed by atoms with Crippen LogP contribution in [0, 0.1) is 0 Å². The zero-order chi connectivity index (χ0) is 12.0. The summed E-state index contributed by atoms with van der Waals surface area (Å²) in [5.74, 6) is 1.37. The maximum absolute atomic E-state index is 6.20. The minimum absolute atomic E-state index is 0.111. The molecule has 5 nitrogen and oxygen atoms in total. The smallest absolute Gasteiger partial charge is 0.174 e. The van der Waals surface area contributed by atoms with Crippen LogP contribution in [-0.2, 0) is 11.8 Å². The number of nitrogens with two attached hydrogens (primary N) is 1. The molecule has 1 aliphatic rings. The van der Waals surface area contributed by atoms with E-state index in [2.05, 4.69) is 28.9 Å². The number of aromatic nitrogens is 4. The van der Waals surface area contributed by atoms with Crippen LogP contribution in [0.1, 0.15) is 31.5 Å². The van der Waals surface area contributed by atoms with Gasteiger partial charge in [0, 0.05) is 18.0 Å². The van der Waals surface area contributed by atoms with Crippen LogP contribution in [0.15, 0.2) is 18.6 Å². The lowest BCUT2D eigenvalue weighted by Crippen LogP contribution is -2.15. The standard InChI is InChI=1S/C12H15N5/c1-12(2)4-3-8-10(12)11(13)17(16-8)9-7-14-5-6-15-9/h5-7H,3-4,13H2,1-2H3. The third-order valence-electron chi connectivity index (χ3n) is 3.42. The number of anilines is 1. The van der Waals surface area contributed by atoms with Crippen LogP contribution in [0.4, 0.5) is 5.82 Å². The van der Waals surface area contributed by atoms with E-state index in [9.17, 15) is 0 Å². The van der Waals surface area contributed by atoms with Crippen LogP contribution < -0.4 is 5.73 Å². The maximum atomic E-state index is 6.20. The minimum atomic E-state index is 0.111. The second kappa shape index (κ2) is 3.29. The van der Waals surface area contributed by atoms with Crippen molar-refractivity contribution in [2.45, 2.75) is 32.1 Å². The SMILES string of the molecule is CC1(C)CCc2nn(-c3cnccn3)c(N)c21. The van der Waals surface area contributed by atoms with Crippen LogP contribution in [0.25, 0.3) is 5.82 Å². The molecule has 0 aromatic carbocycles. The average molecular weight is 229 g/mol. The summed E-state index contributed by atoms with van der Waals surface area (Å²) in [6, 6.07) is 0. The van der Waals surface area contributed by atoms with Gasteiger partial charge >= 0.3 is 0 Å². The van der Waals surface area contributed by atoms with Crippen molar-refractivity contribution in [3.05, 3.63) is 29.8 Å². The molecular formula is C12H15N5. The Kier molecular flexibility index (Phi) is 1.98. The summed E-state index contributed by atoms with van der Waals surface area (Å²) in [5.41, 5.74) is 8.57. The Morgan fingerprint density at radius 3 is 2.82 bits per heavy atom. The molecule has 5 heteroatoms. The highest BCUT2D eigenvalue weighted by atomic mass is 15.3. The molecule has 88 valence electrons. The van der Waals surface area contributed by atoms with Gasteiger partial charge in [0.2, 0.25) is 0 Å². The van der Waals surface area contributed by atoms with Crippen molar-refractivity contribution >= 4 is 5.82 Å². The first-order valence-corrected chi connectivity index (χ1v) is 5.74. The number of hydrogen-bond donors (Lipinski definition) is 1. The Morgan fingerprint density at radius 1 is 1.35 bits per heavy atom. The molecule has 0 aliphatic heterocycles. The van der Waals surface area contributed by atoms with Gasteiger partial charge in [-0.05, 0) is 18.3 Å². The molecule has 0 bridgehead atoms. The lowest BCUT2D eigenvalue weighted by molar-refractivity contribution is 0.519. The zero-order valence-electron chi connectivity index (χ0n) is 10.0. The number of hydrogen-bond acceptors (Lipinski definition) is 4. The summed E-state index contributed by atoms with van der Waals surface area (Å²) in [4.78, 5) is 8.27. The molecular weight excluding hydrogens is 214 g/mol. The summed E-state index contributed by atoms with van der Waals surface area (Å²) in [6.45, 7) is 4.41. The second-order valence-electron chi connectivity index (χ2n) is 5.07. The van der Waals surface area contributed by atoms with Gasteiger partial charge in [0.25, 0.3) is 0 Å². The third kappa shape index (κ3) is 1.42. The number of nitrogens with zero attached hydrogens (tertiary/aromatic N) is 4. The first-order chi connectivity index (χ1) is 8.09. The number of rotatable bonds is 1. The minimum Gasteiger partial charge on any atom is -0.383 e. The zero-order valence-corrected chi connectivity index (χ0v) is 10.0. The van der Waals surface area contributed by atoms with Crippen molar-refractivity contribution in [1.29, 1.82) is 0 Å². The predicted octanol–water partition coefficient (Wildman–Crippen LogP) is 1.47. The largest absolute Gasteiger partial charge is 0.383 e. The van der Waals surface area contributed by atoms with E-state index in [0.717, 1.165) is 18.5 Å². The molecule has 3 rings (SSSR count). The van der Waals surface area contributed by atoms with E-state index >= 15 is 0 Å². The number of nitrogen functional groups attached to an aromatic ring is 1. The molecule has 2 aromatic rings. The molecule has 0 amide bonds. The average Bonchev–Trinajstić information content (AvgIpc) is 2.80. The van der Waals surface area contributed by atoms with Crippen LogP contribution in [-0.4, -0.2) is 19.7 Å². The Balaban J connectivity index is 2.17. The second-order valence-corrected chi connectivity index (χ2v) is 5.07. The van der Waals surface area contributed by atoms with Crippen molar-refractivity contribution < 1.29 is 0 Å². The highest BCUT2D eigenvalue weighted by Crippen LogP contribution is 2.41. The van der Waals surface area contributed by atoms with Crippen molar-refractivity contribution in [2.24, 2.45) is 0 Å². The van der Waals surface area contributed by atoms with E-state index in [1.165, 1.54) is 5.56 Å². The molecule has 17 heavy (non-hydrogen) atoms. The van der Waals surface area contributed by atoms with Crippen LogP contribution in [0.5, 0.6) is 0 Å². The van der Waals surface area contributed by atoms with E-state index < -0.39 is 0 Å². The maximum Gasteiger partial charge on any atom is 0.174 e. The molecule has 0 fully saturated rings. The topological polar surface area (TPSA) is 69.6 Å². The predicted molar refractivity (Wildman–Crippen MR) is 64.9 cm³/mol. The van der Waals surface area contributed by atoms with Gasteiger partial charge < -0.3 is 5.73 Å². The van der Waals surface area contributed by atoms with E-state index in [-0.39, 0.29) is 5.41 Å². The molecule has 2 aromatic heterocycles. The van der Waals surface area contributed by atoms with Gasteiger partial charge in [-0.25, -0.2) is 4.98 Å². The van der Waals surface area contributed by atoms with Crippen LogP contribution >= 0.6 is 0 Å². The first-order valence-electron chi connectivity index (χ1n) is 5.74. The summed E-state index contributed by atoms with van der Waals surface area (Å²) in [7, 11) is 0. The van der Waals surface area contributed by atoms with Crippen LogP contribution in [0.2, 0.25) is 0 Å². The van der Waals surface area contributed by atoms with Crippen LogP contribution in [0.3, 0.4) is 0 Å². The molecule has 2 heterocycles. The van der Waals surface area contributed by atoms with E-state index in [0.29, 0.717) is 11.6 Å². The van der Waals surface area contributed by atoms with Crippen molar-refractivity contribution in [1.82, 2.24) is 19.7 Å². The molecule has 1 aliphatic carbocycles. The van der Waals surface area contributed by atoms with Crippen molar-refractivity contribution in [3.8, 4) is 5.82 Å². The molecule has 0 saturated carbocycles. The van der Waals surface area contributed by atoms with E-state index in [1.807, 2.05) is 0 Å². The fraction of sp³-hybridized carbons (Fsp3) is 0.417. The highest BCUT2D eigenvalue weighted by molar-refractivity contribution is 5.54. The van der Waals surface area contributed by atoms with Crippen molar-refractivity contribution in [3.63, 3.8) is 0 Å². The lowest BCUT2D eigenvalue weighted by Gasteiger charge is -2.18. The quantitative estimate of drug-likeness (QED) is 0.803.